The quantitative estimate of drug-likeness (QED) is 0.811. The molecule has 1 aromatic carbocycles. The van der Waals surface area contributed by atoms with Crippen molar-refractivity contribution in [1.29, 1.82) is 0 Å². The summed E-state index contributed by atoms with van der Waals surface area (Å²) >= 11 is 0. The first-order valence-electron chi connectivity index (χ1n) is 5.90. The maximum atomic E-state index is 12.3. The van der Waals surface area contributed by atoms with E-state index >= 15 is 0 Å². The Morgan fingerprint density at radius 3 is 2.33 bits per heavy atom. The highest BCUT2D eigenvalue weighted by Gasteiger charge is 2.43. The molecule has 0 saturated heterocycles. The molecule has 114 valence electrons. The van der Waals surface area contributed by atoms with Crippen LogP contribution in [-0.2, 0) is 14.8 Å². The maximum absolute atomic E-state index is 12.3. The van der Waals surface area contributed by atoms with E-state index in [4.69, 9.17) is 9.47 Å². The average molecular weight is 314 g/mol. The van der Waals surface area contributed by atoms with E-state index < -0.39 is 28.4 Å². The summed E-state index contributed by atoms with van der Waals surface area (Å²) in [6, 6.07) is 2.50. The van der Waals surface area contributed by atoms with Crippen molar-refractivity contribution < 1.29 is 27.5 Å². The number of amides is 2. The summed E-state index contributed by atoms with van der Waals surface area (Å²) in [5, 5.41) is 2.28. The molecule has 8 nitrogen and oxygen atoms in total. The molecule has 0 unspecified atom stereocenters. The first kappa shape index (κ1) is 15.1. The van der Waals surface area contributed by atoms with E-state index in [2.05, 4.69) is 5.32 Å². The van der Waals surface area contributed by atoms with Gasteiger partial charge in [0.15, 0.2) is 11.5 Å². The minimum absolute atomic E-state index is 0.0449. The fourth-order valence-corrected chi connectivity index (χ4v) is 3.49. The number of carbonyl (C=O) groups excluding carboxylic acids is 2. The zero-order valence-corrected chi connectivity index (χ0v) is 12.5. The molecule has 0 fully saturated rings. The van der Waals surface area contributed by atoms with Gasteiger partial charge in [0.2, 0.25) is 5.91 Å². The molecule has 21 heavy (non-hydrogen) atoms. The minimum Gasteiger partial charge on any atom is -0.493 e. The molecule has 1 aliphatic rings. The summed E-state index contributed by atoms with van der Waals surface area (Å²) < 4.78 is 35.3. The summed E-state index contributed by atoms with van der Waals surface area (Å²) in [4.78, 5) is 23.4. The number of ether oxygens (including phenoxy) is 2. The van der Waals surface area contributed by atoms with Gasteiger partial charge in [-0.25, -0.2) is 12.7 Å². The van der Waals surface area contributed by atoms with Gasteiger partial charge in [0, 0.05) is 13.1 Å². The second kappa shape index (κ2) is 5.24. The lowest BCUT2D eigenvalue weighted by Gasteiger charge is -2.13. The standard InChI is InChI=1S/C12H14N2O6S/c1-13-11(15)6-14-12(16)7-4-8(19-2)9(20-3)5-10(7)21(14,17)18/h4-5H,6H2,1-3H3,(H,13,15). The molecule has 0 atom stereocenters. The van der Waals surface area contributed by atoms with Gasteiger partial charge in [-0.1, -0.05) is 0 Å². The van der Waals surface area contributed by atoms with Gasteiger partial charge >= 0.3 is 0 Å². The average Bonchev–Trinajstić information content (AvgIpc) is 2.66. The number of hydrogen-bond acceptors (Lipinski definition) is 6. The molecule has 0 aliphatic carbocycles. The summed E-state index contributed by atoms with van der Waals surface area (Å²) in [5.74, 6) is -0.927. The van der Waals surface area contributed by atoms with Gasteiger partial charge in [0.05, 0.1) is 19.8 Å². The number of rotatable bonds is 4. The van der Waals surface area contributed by atoms with Gasteiger partial charge in [0.25, 0.3) is 15.9 Å². The molecule has 1 aliphatic heterocycles. The van der Waals surface area contributed by atoms with Crippen LogP contribution in [0, 0.1) is 0 Å². The second-order valence-electron chi connectivity index (χ2n) is 4.19. The lowest BCUT2D eigenvalue weighted by atomic mass is 10.2. The number of nitrogens with one attached hydrogen (secondary N) is 1. The topological polar surface area (TPSA) is 102 Å². The Labute approximate surface area is 121 Å². The number of nitrogens with zero attached hydrogens (tertiary/aromatic N) is 1. The predicted octanol–water partition coefficient (Wildman–Crippen LogP) is -0.406. The lowest BCUT2D eigenvalue weighted by Crippen LogP contribution is -2.39. The van der Waals surface area contributed by atoms with Crippen LogP contribution in [0.3, 0.4) is 0 Å². The Kier molecular flexibility index (Phi) is 3.77. The van der Waals surface area contributed by atoms with E-state index in [0.29, 0.717) is 4.31 Å². The number of sulfonamides is 1. The van der Waals surface area contributed by atoms with Crippen molar-refractivity contribution in [1.82, 2.24) is 9.62 Å². The van der Waals surface area contributed by atoms with Crippen molar-refractivity contribution in [2.45, 2.75) is 4.90 Å². The zero-order chi connectivity index (χ0) is 15.8. The molecule has 1 aromatic rings. The van der Waals surface area contributed by atoms with E-state index in [1.807, 2.05) is 0 Å². The lowest BCUT2D eigenvalue weighted by molar-refractivity contribution is -0.120. The van der Waals surface area contributed by atoms with E-state index in [0.717, 1.165) is 0 Å². The molecule has 1 heterocycles. The Balaban J connectivity index is 2.57. The zero-order valence-electron chi connectivity index (χ0n) is 11.7. The SMILES string of the molecule is CNC(=O)CN1C(=O)c2cc(OC)c(OC)cc2S1(=O)=O. The van der Waals surface area contributed by atoms with Gasteiger partial charge in [-0.2, -0.15) is 0 Å². The number of carbonyl (C=O) groups is 2. The fraction of sp³-hybridized carbons (Fsp3) is 0.333. The van der Waals surface area contributed by atoms with Gasteiger partial charge in [-0.3, -0.25) is 9.59 Å². The van der Waals surface area contributed by atoms with Gasteiger partial charge in [-0.15, -0.1) is 0 Å². The van der Waals surface area contributed by atoms with Crippen molar-refractivity contribution >= 4 is 21.8 Å². The molecule has 0 bridgehead atoms. The van der Waals surface area contributed by atoms with E-state index in [9.17, 15) is 18.0 Å². The summed E-state index contributed by atoms with van der Waals surface area (Å²) in [6.07, 6.45) is 0. The molecule has 2 rings (SSSR count). The third-order valence-corrected chi connectivity index (χ3v) is 4.85. The highest BCUT2D eigenvalue weighted by atomic mass is 32.2. The van der Waals surface area contributed by atoms with Crippen molar-refractivity contribution in [2.75, 3.05) is 27.8 Å². The van der Waals surface area contributed by atoms with Crippen molar-refractivity contribution in [3.05, 3.63) is 17.7 Å². The van der Waals surface area contributed by atoms with Crippen LogP contribution in [0.15, 0.2) is 17.0 Å². The van der Waals surface area contributed by atoms with E-state index in [1.54, 1.807) is 0 Å². The first-order chi connectivity index (χ1) is 9.86. The second-order valence-corrected chi connectivity index (χ2v) is 6.02. The smallest absolute Gasteiger partial charge is 0.269 e. The van der Waals surface area contributed by atoms with Gasteiger partial charge in [0.1, 0.15) is 11.4 Å². The van der Waals surface area contributed by atoms with Crippen LogP contribution in [0.4, 0.5) is 0 Å². The van der Waals surface area contributed by atoms with Gasteiger partial charge in [-0.05, 0) is 6.07 Å². The molecule has 0 radical (unpaired) electrons. The van der Waals surface area contributed by atoms with E-state index in [1.165, 1.54) is 33.4 Å². The summed E-state index contributed by atoms with van der Waals surface area (Å²) in [5.41, 5.74) is -0.0449. The molecule has 0 saturated carbocycles. The van der Waals surface area contributed by atoms with Crippen LogP contribution < -0.4 is 14.8 Å². The van der Waals surface area contributed by atoms with Crippen LogP contribution >= 0.6 is 0 Å². The number of fused-ring (bicyclic) bond motifs is 1. The number of methoxy groups -OCH3 is 2. The van der Waals surface area contributed by atoms with Crippen LogP contribution in [0.25, 0.3) is 0 Å². The minimum atomic E-state index is -4.07. The van der Waals surface area contributed by atoms with Crippen LogP contribution in [-0.4, -0.2) is 52.3 Å². The molecule has 1 N–H and O–H groups in total. The number of hydrogen-bond donors (Lipinski definition) is 1. The molecule has 9 heteroatoms. The van der Waals surface area contributed by atoms with Crippen molar-refractivity contribution in [2.24, 2.45) is 0 Å². The highest BCUT2D eigenvalue weighted by molar-refractivity contribution is 7.90. The van der Waals surface area contributed by atoms with Crippen LogP contribution in [0.2, 0.25) is 0 Å². The summed E-state index contributed by atoms with van der Waals surface area (Å²) in [6.45, 7) is -0.572. The Morgan fingerprint density at radius 1 is 1.24 bits per heavy atom. The third kappa shape index (κ3) is 2.29. The molecule has 2 amide bonds. The van der Waals surface area contributed by atoms with Crippen LogP contribution in [0.5, 0.6) is 11.5 Å². The Morgan fingerprint density at radius 2 is 1.81 bits per heavy atom. The third-order valence-electron chi connectivity index (χ3n) is 3.08. The van der Waals surface area contributed by atoms with E-state index in [-0.39, 0.29) is 22.0 Å². The largest absolute Gasteiger partial charge is 0.493 e. The normalized spacial score (nSPS) is 15.6. The first-order valence-corrected chi connectivity index (χ1v) is 7.34. The maximum Gasteiger partial charge on any atom is 0.269 e. The molecular weight excluding hydrogens is 300 g/mol. The molecule has 0 aromatic heterocycles. The molecular formula is C12H14N2O6S. The molecule has 0 spiro atoms. The summed E-state index contributed by atoms with van der Waals surface area (Å²) in [7, 11) is 0.0175. The Bertz CT molecular complexity index is 713. The predicted molar refractivity (Wildman–Crippen MR) is 71.8 cm³/mol. The highest BCUT2D eigenvalue weighted by Crippen LogP contribution is 2.38. The Hall–Kier alpha value is -2.29. The number of benzene rings is 1. The van der Waals surface area contributed by atoms with Crippen molar-refractivity contribution in [3.63, 3.8) is 0 Å². The van der Waals surface area contributed by atoms with Crippen LogP contribution in [0.1, 0.15) is 10.4 Å². The fourth-order valence-electron chi connectivity index (χ4n) is 1.97. The van der Waals surface area contributed by atoms with Crippen molar-refractivity contribution in [3.8, 4) is 11.5 Å². The van der Waals surface area contributed by atoms with Gasteiger partial charge < -0.3 is 14.8 Å². The monoisotopic (exact) mass is 314 g/mol. The number of likely N-dealkylation sites (N-methyl/N-ethyl adjacent to an activating group) is 1.